The second-order valence-corrected chi connectivity index (χ2v) is 4.42. The van der Waals surface area contributed by atoms with Crippen molar-refractivity contribution < 1.29 is 19.7 Å². The lowest BCUT2D eigenvalue weighted by Gasteiger charge is -2.06. The molecule has 0 amide bonds. The molecule has 0 saturated heterocycles. The number of ether oxygens (including phenoxy) is 1. The third kappa shape index (κ3) is 10.0. The molecule has 0 aromatic heterocycles. The van der Waals surface area contributed by atoms with Gasteiger partial charge in [-0.1, -0.05) is 26.2 Å². The van der Waals surface area contributed by atoms with E-state index in [9.17, 15) is 4.79 Å². The molecule has 2 N–H and O–H groups in total. The summed E-state index contributed by atoms with van der Waals surface area (Å²) in [6.45, 7) is 3.38. The number of aliphatic hydroxyl groups is 1. The lowest BCUT2D eigenvalue weighted by atomic mass is 10.2. The largest absolute Gasteiger partial charge is 0.479 e. The van der Waals surface area contributed by atoms with Gasteiger partial charge in [0.05, 0.1) is 6.61 Å². The van der Waals surface area contributed by atoms with E-state index in [0.29, 0.717) is 12.4 Å². The maximum absolute atomic E-state index is 10.2. The third-order valence-electron chi connectivity index (χ3n) is 1.86. The summed E-state index contributed by atoms with van der Waals surface area (Å²) in [5.74, 6) is -0.677. The molecular formula is C10H20O4S. The summed E-state index contributed by atoms with van der Waals surface area (Å²) in [4.78, 5) is 10.2. The fourth-order valence-corrected chi connectivity index (χ4v) is 1.60. The van der Waals surface area contributed by atoms with Crippen molar-refractivity contribution in [2.75, 3.05) is 19.0 Å². The Hall–Kier alpha value is -0.260. The Morgan fingerprint density at radius 2 is 2.07 bits per heavy atom. The van der Waals surface area contributed by atoms with Crippen LogP contribution in [-0.4, -0.2) is 40.6 Å². The normalized spacial score (nSPS) is 12.7. The van der Waals surface area contributed by atoms with Crippen LogP contribution in [0.15, 0.2) is 0 Å². The van der Waals surface area contributed by atoms with Crippen molar-refractivity contribution in [2.24, 2.45) is 0 Å². The minimum Gasteiger partial charge on any atom is -0.479 e. The van der Waals surface area contributed by atoms with Crippen molar-refractivity contribution in [3.63, 3.8) is 0 Å². The summed E-state index contributed by atoms with van der Waals surface area (Å²) in [5, 5.41) is 17.3. The maximum atomic E-state index is 10.2. The quantitative estimate of drug-likeness (QED) is 0.446. The molecule has 0 fully saturated rings. The van der Waals surface area contributed by atoms with Crippen LogP contribution >= 0.6 is 11.8 Å². The van der Waals surface area contributed by atoms with Gasteiger partial charge in [0.15, 0.2) is 5.44 Å². The van der Waals surface area contributed by atoms with Crippen molar-refractivity contribution in [1.82, 2.24) is 0 Å². The van der Waals surface area contributed by atoms with Gasteiger partial charge >= 0.3 is 5.97 Å². The summed E-state index contributed by atoms with van der Waals surface area (Å²) in [7, 11) is 0. The van der Waals surface area contributed by atoms with E-state index in [1.165, 1.54) is 19.3 Å². The van der Waals surface area contributed by atoms with Gasteiger partial charge in [0.25, 0.3) is 0 Å². The molecule has 0 aliphatic rings. The third-order valence-corrected chi connectivity index (χ3v) is 2.78. The van der Waals surface area contributed by atoms with Gasteiger partial charge < -0.3 is 14.9 Å². The first-order chi connectivity index (χ1) is 7.18. The summed E-state index contributed by atoms with van der Waals surface area (Å²) in [5.41, 5.74) is -1.33. The molecule has 0 spiro atoms. The molecule has 0 aromatic rings. The average molecular weight is 236 g/mol. The summed E-state index contributed by atoms with van der Waals surface area (Å²) in [6.07, 6.45) is 4.68. The number of hydrogen-bond acceptors (Lipinski definition) is 4. The van der Waals surface area contributed by atoms with Crippen molar-refractivity contribution in [2.45, 2.75) is 38.0 Å². The number of unbranched alkanes of at least 4 members (excludes halogenated alkanes) is 3. The molecule has 0 rings (SSSR count). The van der Waals surface area contributed by atoms with Gasteiger partial charge in [0.2, 0.25) is 0 Å². The van der Waals surface area contributed by atoms with Crippen LogP contribution in [-0.2, 0) is 9.53 Å². The van der Waals surface area contributed by atoms with E-state index in [1.807, 2.05) is 0 Å². The highest BCUT2D eigenvalue weighted by Gasteiger charge is 2.12. The van der Waals surface area contributed by atoms with Gasteiger partial charge in [-0.05, 0) is 6.42 Å². The van der Waals surface area contributed by atoms with Crippen LogP contribution < -0.4 is 0 Å². The smallest absolute Gasteiger partial charge is 0.343 e. The van der Waals surface area contributed by atoms with Gasteiger partial charge in [-0.15, -0.1) is 11.8 Å². The van der Waals surface area contributed by atoms with E-state index in [4.69, 9.17) is 14.9 Å². The number of carboxylic acids is 1. The molecule has 5 heteroatoms. The Bertz CT molecular complexity index is 164. The minimum absolute atomic E-state index is 0.501. The lowest BCUT2D eigenvalue weighted by Crippen LogP contribution is -2.16. The molecule has 0 saturated carbocycles. The Morgan fingerprint density at radius 1 is 1.33 bits per heavy atom. The van der Waals surface area contributed by atoms with E-state index >= 15 is 0 Å². The molecule has 0 aromatic carbocycles. The number of aliphatic hydroxyl groups excluding tert-OH is 1. The van der Waals surface area contributed by atoms with Crippen LogP contribution in [0.25, 0.3) is 0 Å². The van der Waals surface area contributed by atoms with Gasteiger partial charge in [-0.2, -0.15) is 0 Å². The van der Waals surface area contributed by atoms with Gasteiger partial charge in [-0.3, -0.25) is 0 Å². The summed E-state index contributed by atoms with van der Waals surface area (Å²) >= 11 is 0.984. The number of carbonyl (C=O) groups is 1. The highest BCUT2D eigenvalue weighted by Crippen LogP contribution is 2.07. The molecule has 1 atom stereocenters. The van der Waals surface area contributed by atoms with Crippen molar-refractivity contribution >= 4 is 17.7 Å². The van der Waals surface area contributed by atoms with Crippen molar-refractivity contribution in [3.8, 4) is 0 Å². The Kier molecular flexibility index (Phi) is 10.1. The predicted octanol–water partition coefficient (Wildman–Crippen LogP) is 1.72. The van der Waals surface area contributed by atoms with Gasteiger partial charge in [-0.25, -0.2) is 4.79 Å². The van der Waals surface area contributed by atoms with Crippen LogP contribution in [0.1, 0.15) is 32.6 Å². The zero-order valence-electron chi connectivity index (χ0n) is 9.15. The van der Waals surface area contributed by atoms with Gasteiger partial charge in [0.1, 0.15) is 0 Å². The molecular weight excluding hydrogens is 216 g/mol. The second-order valence-electron chi connectivity index (χ2n) is 3.23. The summed E-state index contributed by atoms with van der Waals surface area (Å²) in [6, 6.07) is 0. The number of rotatable bonds is 10. The Morgan fingerprint density at radius 3 is 2.67 bits per heavy atom. The fraction of sp³-hybridized carbons (Fsp3) is 0.900. The molecule has 0 aliphatic heterocycles. The monoisotopic (exact) mass is 236 g/mol. The van der Waals surface area contributed by atoms with E-state index in [0.717, 1.165) is 24.8 Å². The van der Waals surface area contributed by atoms with E-state index < -0.39 is 11.4 Å². The van der Waals surface area contributed by atoms with E-state index in [1.54, 1.807) is 0 Å². The van der Waals surface area contributed by atoms with Crippen LogP contribution in [0, 0.1) is 0 Å². The van der Waals surface area contributed by atoms with Crippen LogP contribution in [0.2, 0.25) is 0 Å². The average Bonchev–Trinajstić information content (AvgIpc) is 2.21. The van der Waals surface area contributed by atoms with E-state index in [-0.39, 0.29) is 0 Å². The van der Waals surface area contributed by atoms with Crippen molar-refractivity contribution in [1.29, 1.82) is 0 Å². The van der Waals surface area contributed by atoms with Gasteiger partial charge in [0, 0.05) is 12.4 Å². The Labute approximate surface area is 95.0 Å². The van der Waals surface area contributed by atoms with Crippen LogP contribution in [0.5, 0.6) is 0 Å². The molecule has 4 nitrogen and oxygen atoms in total. The molecule has 0 heterocycles. The van der Waals surface area contributed by atoms with Crippen molar-refractivity contribution in [3.05, 3.63) is 0 Å². The molecule has 0 radical (unpaired) electrons. The summed E-state index contributed by atoms with van der Waals surface area (Å²) < 4.78 is 5.29. The predicted molar refractivity (Wildman–Crippen MR) is 61.1 cm³/mol. The molecule has 0 aliphatic carbocycles. The fourth-order valence-electron chi connectivity index (χ4n) is 1.02. The highest BCUT2D eigenvalue weighted by molar-refractivity contribution is 8.00. The molecule has 90 valence electrons. The number of thioether (sulfide) groups is 1. The number of hydrogen-bond donors (Lipinski definition) is 2. The SMILES string of the molecule is CCCCCCOCCSC(O)C(=O)O. The zero-order valence-corrected chi connectivity index (χ0v) is 9.96. The first-order valence-electron chi connectivity index (χ1n) is 5.28. The first-order valence-corrected chi connectivity index (χ1v) is 6.33. The number of carboxylic acid groups (broad SMARTS) is 1. The first kappa shape index (κ1) is 14.7. The minimum atomic E-state index is -1.33. The maximum Gasteiger partial charge on any atom is 0.343 e. The Balaban J connectivity index is 3.08. The van der Waals surface area contributed by atoms with E-state index in [2.05, 4.69) is 6.92 Å². The molecule has 1 unspecified atom stereocenters. The van der Waals surface area contributed by atoms with Crippen LogP contribution in [0.3, 0.4) is 0 Å². The molecule has 0 bridgehead atoms. The second kappa shape index (κ2) is 10.3. The van der Waals surface area contributed by atoms with Crippen LogP contribution in [0.4, 0.5) is 0 Å². The topological polar surface area (TPSA) is 66.8 Å². The lowest BCUT2D eigenvalue weighted by molar-refractivity contribution is -0.141. The highest BCUT2D eigenvalue weighted by atomic mass is 32.2. The molecule has 15 heavy (non-hydrogen) atoms. The number of aliphatic carboxylic acids is 1. The standard InChI is InChI=1S/C10H20O4S/c1-2-3-4-5-6-14-7-8-15-10(13)9(11)12/h10,13H,2-8H2,1H3,(H,11,12). The zero-order chi connectivity index (χ0) is 11.5.